The van der Waals surface area contributed by atoms with Crippen molar-refractivity contribution in [2.24, 2.45) is 0 Å². The first kappa shape index (κ1) is 13.9. The van der Waals surface area contributed by atoms with Gasteiger partial charge in [0.2, 0.25) is 9.97 Å². The number of hydrogen-bond donors (Lipinski definition) is 1. The van der Waals surface area contributed by atoms with E-state index in [4.69, 9.17) is 0 Å². The van der Waals surface area contributed by atoms with Gasteiger partial charge in [0, 0.05) is 12.5 Å². The topological polar surface area (TPSA) is 72.2 Å². The predicted molar refractivity (Wildman–Crippen MR) is 84.1 cm³/mol. The summed E-state index contributed by atoms with van der Waals surface area (Å²) < 4.78 is 1.74. The van der Waals surface area contributed by atoms with Crippen LogP contribution in [0.4, 0.5) is 0 Å². The number of nitrogens with zero attached hydrogens (tertiary/aromatic N) is 4. The second-order valence-corrected chi connectivity index (χ2v) is 7.00. The minimum atomic E-state index is -0.103. The first-order valence-electron chi connectivity index (χ1n) is 7.99. The number of aromatic nitrogens is 4. The van der Waals surface area contributed by atoms with Crippen molar-refractivity contribution in [3.63, 3.8) is 0 Å². The molecule has 1 fully saturated rings. The highest BCUT2D eigenvalue weighted by molar-refractivity contribution is 7.18. The molecule has 6 nitrogen and oxygen atoms in total. The molecule has 2 aliphatic carbocycles. The maximum absolute atomic E-state index is 12.2. The molecule has 2 aliphatic rings. The van der Waals surface area contributed by atoms with E-state index in [1.807, 2.05) is 0 Å². The maximum atomic E-state index is 12.2. The molecule has 22 heavy (non-hydrogen) atoms. The number of hydrogen-bond acceptors (Lipinski definition) is 5. The molecular weight excluding hydrogens is 298 g/mol. The monoisotopic (exact) mass is 317 g/mol. The van der Waals surface area contributed by atoms with Crippen molar-refractivity contribution in [1.82, 2.24) is 25.1 Å². The molecule has 116 valence electrons. The summed E-state index contributed by atoms with van der Waals surface area (Å²) in [6.07, 6.45) is 10.5. The lowest BCUT2D eigenvalue weighted by atomic mass is 9.97. The standard InChI is InChI=1S/C15H19N5OS/c21-13(16-9-8-10-4-2-1-3-5-10)14-19-20-12(11-6-7-11)17-18-15(20)22-14/h4,11H,1-3,5-9H2,(H,16,21). The molecule has 0 atom stereocenters. The van der Waals surface area contributed by atoms with Gasteiger partial charge in [-0.05, 0) is 44.9 Å². The SMILES string of the molecule is O=C(NCCC1=CCCCC1)c1nn2c(C3CC3)nnc2s1. The highest BCUT2D eigenvalue weighted by atomic mass is 32.1. The Balaban J connectivity index is 1.38. The number of carbonyl (C=O) groups excluding carboxylic acids is 1. The average Bonchev–Trinajstić information content (AvgIpc) is 3.16. The molecule has 0 aliphatic heterocycles. The zero-order valence-corrected chi connectivity index (χ0v) is 13.2. The second kappa shape index (κ2) is 5.79. The summed E-state index contributed by atoms with van der Waals surface area (Å²) in [6, 6.07) is 0. The molecule has 0 bridgehead atoms. The van der Waals surface area contributed by atoms with Crippen molar-refractivity contribution < 1.29 is 4.79 Å². The van der Waals surface area contributed by atoms with E-state index >= 15 is 0 Å². The largest absolute Gasteiger partial charge is 0.350 e. The fraction of sp³-hybridized carbons (Fsp3) is 0.600. The molecule has 4 rings (SSSR count). The first-order valence-corrected chi connectivity index (χ1v) is 8.81. The quantitative estimate of drug-likeness (QED) is 0.861. The third-order valence-corrected chi connectivity index (χ3v) is 5.17. The lowest BCUT2D eigenvalue weighted by Crippen LogP contribution is -2.25. The maximum Gasteiger partial charge on any atom is 0.282 e. The number of nitrogens with one attached hydrogen (secondary N) is 1. The second-order valence-electron chi connectivity index (χ2n) is 6.05. The van der Waals surface area contributed by atoms with Crippen LogP contribution in [0.2, 0.25) is 0 Å². The van der Waals surface area contributed by atoms with Gasteiger partial charge in [0.25, 0.3) is 5.91 Å². The summed E-state index contributed by atoms with van der Waals surface area (Å²) in [5.74, 6) is 1.28. The minimum absolute atomic E-state index is 0.103. The fourth-order valence-corrected chi connectivity index (χ4v) is 3.63. The van der Waals surface area contributed by atoms with Gasteiger partial charge in [-0.15, -0.1) is 15.3 Å². The molecule has 0 unspecified atom stereocenters. The summed E-state index contributed by atoms with van der Waals surface area (Å²) in [4.78, 5) is 12.9. The Hall–Kier alpha value is -1.76. The van der Waals surface area contributed by atoms with Crippen molar-refractivity contribution in [3.8, 4) is 0 Å². The number of rotatable bonds is 5. The van der Waals surface area contributed by atoms with E-state index in [9.17, 15) is 4.79 Å². The third kappa shape index (κ3) is 2.77. The highest BCUT2D eigenvalue weighted by Crippen LogP contribution is 2.39. The number of allylic oxidation sites excluding steroid dienone is 1. The third-order valence-electron chi connectivity index (χ3n) is 4.27. The first-order chi connectivity index (χ1) is 10.8. The zero-order valence-electron chi connectivity index (χ0n) is 12.4. The Morgan fingerprint density at radius 1 is 1.36 bits per heavy atom. The highest BCUT2D eigenvalue weighted by Gasteiger charge is 2.30. The molecule has 0 aromatic carbocycles. The van der Waals surface area contributed by atoms with Crippen LogP contribution < -0.4 is 5.32 Å². The Morgan fingerprint density at radius 2 is 2.27 bits per heavy atom. The van der Waals surface area contributed by atoms with Gasteiger partial charge in [-0.25, -0.2) is 0 Å². The molecule has 2 heterocycles. The van der Waals surface area contributed by atoms with Gasteiger partial charge in [-0.1, -0.05) is 23.0 Å². The lowest BCUT2D eigenvalue weighted by Gasteiger charge is -2.12. The zero-order chi connectivity index (χ0) is 14.9. The summed E-state index contributed by atoms with van der Waals surface area (Å²) in [5.41, 5.74) is 1.47. The van der Waals surface area contributed by atoms with Crippen molar-refractivity contribution in [2.45, 2.75) is 50.9 Å². The van der Waals surface area contributed by atoms with Crippen LogP contribution in [0.5, 0.6) is 0 Å². The van der Waals surface area contributed by atoms with Crippen LogP contribution in [0, 0.1) is 0 Å². The lowest BCUT2D eigenvalue weighted by molar-refractivity contribution is 0.0952. The molecule has 1 N–H and O–H groups in total. The van der Waals surface area contributed by atoms with Crippen LogP contribution in [0.1, 0.15) is 66.5 Å². The number of carbonyl (C=O) groups is 1. The summed E-state index contributed by atoms with van der Waals surface area (Å²) in [7, 11) is 0. The Kier molecular flexibility index (Phi) is 3.65. The number of fused-ring (bicyclic) bond motifs is 1. The van der Waals surface area contributed by atoms with Gasteiger partial charge in [0.05, 0.1) is 0 Å². The Morgan fingerprint density at radius 3 is 3.05 bits per heavy atom. The molecule has 2 aromatic heterocycles. The van der Waals surface area contributed by atoms with Gasteiger partial charge in [0.1, 0.15) is 0 Å². The van der Waals surface area contributed by atoms with E-state index in [0.29, 0.717) is 22.4 Å². The van der Waals surface area contributed by atoms with Crippen molar-refractivity contribution in [2.75, 3.05) is 6.54 Å². The molecular formula is C15H19N5OS. The molecule has 0 radical (unpaired) electrons. The smallest absolute Gasteiger partial charge is 0.282 e. The van der Waals surface area contributed by atoms with Gasteiger partial charge < -0.3 is 5.32 Å². The van der Waals surface area contributed by atoms with Crippen LogP contribution in [-0.4, -0.2) is 32.3 Å². The Labute approximate surface area is 132 Å². The predicted octanol–water partition coefficient (Wildman–Crippen LogP) is 2.68. The normalized spacial score (nSPS) is 18.5. The van der Waals surface area contributed by atoms with Crippen molar-refractivity contribution in [1.29, 1.82) is 0 Å². The fourth-order valence-electron chi connectivity index (χ4n) is 2.86. The van der Waals surface area contributed by atoms with Gasteiger partial charge in [0.15, 0.2) is 5.82 Å². The van der Waals surface area contributed by atoms with E-state index in [1.165, 1.54) is 42.6 Å². The molecule has 1 saturated carbocycles. The summed E-state index contributed by atoms with van der Waals surface area (Å²) in [6.45, 7) is 0.681. The molecule has 7 heteroatoms. The van der Waals surface area contributed by atoms with E-state index in [0.717, 1.165) is 25.1 Å². The minimum Gasteiger partial charge on any atom is -0.350 e. The van der Waals surface area contributed by atoms with Gasteiger partial charge >= 0.3 is 0 Å². The van der Waals surface area contributed by atoms with Crippen LogP contribution in [-0.2, 0) is 0 Å². The summed E-state index contributed by atoms with van der Waals surface area (Å²) in [5, 5.41) is 16.1. The van der Waals surface area contributed by atoms with E-state index in [-0.39, 0.29) is 5.91 Å². The molecule has 0 spiro atoms. The van der Waals surface area contributed by atoms with Gasteiger partial charge in [-0.3, -0.25) is 4.79 Å². The molecule has 1 amide bonds. The van der Waals surface area contributed by atoms with Crippen LogP contribution in [0.3, 0.4) is 0 Å². The van der Waals surface area contributed by atoms with Crippen LogP contribution >= 0.6 is 11.3 Å². The Bertz CT molecular complexity index is 727. The van der Waals surface area contributed by atoms with E-state index < -0.39 is 0 Å². The number of amides is 1. The van der Waals surface area contributed by atoms with Gasteiger partial charge in [-0.2, -0.15) is 4.52 Å². The van der Waals surface area contributed by atoms with Crippen LogP contribution in [0.15, 0.2) is 11.6 Å². The van der Waals surface area contributed by atoms with Crippen molar-refractivity contribution >= 4 is 22.2 Å². The van der Waals surface area contributed by atoms with Crippen LogP contribution in [0.25, 0.3) is 4.96 Å². The molecule has 0 saturated heterocycles. The van der Waals surface area contributed by atoms with E-state index in [1.54, 1.807) is 4.52 Å². The van der Waals surface area contributed by atoms with E-state index in [2.05, 4.69) is 26.7 Å². The summed E-state index contributed by atoms with van der Waals surface area (Å²) >= 11 is 1.31. The van der Waals surface area contributed by atoms with Crippen molar-refractivity contribution in [3.05, 3.63) is 22.5 Å². The molecule has 2 aromatic rings. The average molecular weight is 317 g/mol.